The molecule has 1 saturated heterocycles. The number of aryl methyl sites for hydroxylation is 1. The molecule has 2 heterocycles. The van der Waals surface area contributed by atoms with Crippen molar-refractivity contribution in [1.29, 1.82) is 0 Å². The number of aliphatic imine (C=N–C) groups is 1. The van der Waals surface area contributed by atoms with E-state index < -0.39 is 5.60 Å². The van der Waals surface area contributed by atoms with Crippen LogP contribution >= 0.6 is 24.0 Å². The fraction of sp³-hybridized carbons (Fsp3) is 0.682. The number of furan rings is 1. The van der Waals surface area contributed by atoms with E-state index in [1.807, 2.05) is 34.6 Å². The molecule has 1 fully saturated rings. The first-order chi connectivity index (χ1) is 14.7. The fourth-order valence-electron chi connectivity index (χ4n) is 3.26. The number of rotatable bonds is 7. The summed E-state index contributed by atoms with van der Waals surface area (Å²) in [5.41, 5.74) is 0.320. The Morgan fingerprint density at radius 1 is 1.31 bits per heavy atom. The predicted octanol–water partition coefficient (Wildman–Crippen LogP) is 3.28. The van der Waals surface area contributed by atoms with Crippen molar-refractivity contribution < 1.29 is 18.7 Å². The van der Waals surface area contributed by atoms with Crippen LogP contribution in [0.4, 0.5) is 4.79 Å². The molecule has 3 N–H and O–H groups in total. The lowest BCUT2D eigenvalue weighted by molar-refractivity contribution is 0.0193. The number of hydrogen-bond donors (Lipinski definition) is 3. The van der Waals surface area contributed by atoms with Crippen molar-refractivity contribution in [3.63, 3.8) is 0 Å². The summed E-state index contributed by atoms with van der Waals surface area (Å²) in [6.45, 7) is 12.6. The van der Waals surface area contributed by atoms with Gasteiger partial charge in [-0.05, 0) is 59.9 Å². The van der Waals surface area contributed by atoms with Crippen LogP contribution in [0.15, 0.2) is 21.7 Å². The van der Waals surface area contributed by atoms with E-state index in [0.717, 1.165) is 24.9 Å². The number of likely N-dealkylation sites (tertiary alicyclic amines) is 1. The van der Waals surface area contributed by atoms with Crippen LogP contribution in [0.2, 0.25) is 0 Å². The van der Waals surface area contributed by atoms with Gasteiger partial charge in [-0.2, -0.15) is 0 Å². The Bertz CT molecular complexity index is 760. The van der Waals surface area contributed by atoms with Crippen molar-refractivity contribution in [3.05, 3.63) is 23.7 Å². The Morgan fingerprint density at radius 2 is 2.06 bits per heavy atom. The number of nitrogens with one attached hydrogen (secondary N) is 3. The zero-order valence-electron chi connectivity index (χ0n) is 19.8. The molecule has 0 aliphatic carbocycles. The van der Waals surface area contributed by atoms with Crippen LogP contribution in [0.1, 0.15) is 63.1 Å². The standard InChI is InChI=1S/C22H37N5O4.HI/c1-6-23-20(25-12-8-11-24-19(28)18-16(2)10-14-30-18)26-17-9-7-13-27(15-17)21(29)31-22(3,4)5;/h10,14,17H,6-9,11-13,15H2,1-5H3,(H,24,28)(H2,23,25,26);1H. The molecule has 2 rings (SSSR count). The van der Waals surface area contributed by atoms with Crippen molar-refractivity contribution >= 4 is 41.9 Å². The summed E-state index contributed by atoms with van der Waals surface area (Å²) in [4.78, 5) is 30.8. The van der Waals surface area contributed by atoms with Crippen molar-refractivity contribution in [2.45, 2.75) is 65.5 Å². The smallest absolute Gasteiger partial charge is 0.410 e. The molecule has 1 atom stereocenters. The molecule has 1 unspecified atom stereocenters. The molecule has 32 heavy (non-hydrogen) atoms. The van der Waals surface area contributed by atoms with Crippen LogP contribution in [-0.2, 0) is 4.74 Å². The van der Waals surface area contributed by atoms with Crippen LogP contribution in [0, 0.1) is 6.92 Å². The molecular formula is C22H38IN5O4. The minimum absolute atomic E-state index is 0. The molecule has 10 heteroatoms. The summed E-state index contributed by atoms with van der Waals surface area (Å²) in [6, 6.07) is 1.88. The Balaban J connectivity index is 0.00000512. The normalized spacial score (nSPS) is 16.7. The number of amides is 2. The van der Waals surface area contributed by atoms with Crippen LogP contribution < -0.4 is 16.0 Å². The second kappa shape index (κ2) is 13.5. The highest BCUT2D eigenvalue weighted by atomic mass is 127. The average molecular weight is 563 g/mol. The molecular weight excluding hydrogens is 525 g/mol. The highest BCUT2D eigenvalue weighted by Crippen LogP contribution is 2.15. The number of halogens is 1. The van der Waals surface area contributed by atoms with Gasteiger partial charge in [-0.15, -0.1) is 24.0 Å². The van der Waals surface area contributed by atoms with E-state index in [1.165, 1.54) is 6.26 Å². The van der Waals surface area contributed by atoms with Gasteiger partial charge in [0.05, 0.1) is 6.26 Å². The number of carbonyl (C=O) groups is 2. The van der Waals surface area contributed by atoms with E-state index in [4.69, 9.17) is 9.15 Å². The lowest BCUT2D eigenvalue weighted by Crippen LogP contribution is -2.53. The highest BCUT2D eigenvalue weighted by Gasteiger charge is 2.28. The molecule has 182 valence electrons. The molecule has 0 radical (unpaired) electrons. The summed E-state index contributed by atoms with van der Waals surface area (Å²) in [6.07, 6.45) is 3.81. The van der Waals surface area contributed by atoms with Gasteiger partial charge in [0.2, 0.25) is 0 Å². The molecule has 0 bridgehead atoms. The van der Waals surface area contributed by atoms with E-state index in [2.05, 4.69) is 20.9 Å². The number of piperidine rings is 1. The molecule has 0 saturated carbocycles. The number of carbonyl (C=O) groups excluding carboxylic acids is 2. The first-order valence-electron chi connectivity index (χ1n) is 11.0. The van der Waals surface area contributed by atoms with Crippen LogP contribution in [0.5, 0.6) is 0 Å². The van der Waals surface area contributed by atoms with E-state index in [-0.39, 0.29) is 42.0 Å². The van der Waals surface area contributed by atoms with Crippen LogP contribution in [0.3, 0.4) is 0 Å². The molecule has 1 aliphatic heterocycles. The Kier molecular flexibility index (Phi) is 11.9. The molecule has 2 amide bonds. The summed E-state index contributed by atoms with van der Waals surface area (Å²) in [7, 11) is 0. The van der Waals surface area contributed by atoms with E-state index in [0.29, 0.717) is 44.3 Å². The maximum atomic E-state index is 12.4. The topological polar surface area (TPSA) is 108 Å². The quantitative estimate of drug-likeness (QED) is 0.204. The molecule has 1 aromatic heterocycles. The number of ether oxygens (including phenoxy) is 1. The summed E-state index contributed by atoms with van der Waals surface area (Å²) < 4.78 is 10.7. The maximum Gasteiger partial charge on any atom is 0.410 e. The first-order valence-corrected chi connectivity index (χ1v) is 11.0. The fourth-order valence-corrected chi connectivity index (χ4v) is 3.26. The Hall–Kier alpha value is -1.98. The Morgan fingerprint density at radius 3 is 2.69 bits per heavy atom. The SMILES string of the molecule is CCNC(=NCCCNC(=O)c1occc1C)NC1CCCN(C(=O)OC(C)(C)C)C1.I. The summed E-state index contributed by atoms with van der Waals surface area (Å²) in [5, 5.41) is 9.51. The van der Waals surface area contributed by atoms with E-state index in [9.17, 15) is 9.59 Å². The monoisotopic (exact) mass is 563 g/mol. The van der Waals surface area contributed by atoms with E-state index in [1.54, 1.807) is 11.0 Å². The number of nitrogens with zero attached hydrogens (tertiary/aromatic N) is 2. The van der Waals surface area contributed by atoms with Gasteiger partial charge in [-0.3, -0.25) is 9.79 Å². The van der Waals surface area contributed by atoms with Gasteiger partial charge in [0, 0.05) is 44.3 Å². The average Bonchev–Trinajstić information content (AvgIpc) is 3.12. The van der Waals surface area contributed by atoms with Crippen LogP contribution in [0.25, 0.3) is 0 Å². The van der Waals surface area contributed by atoms with E-state index >= 15 is 0 Å². The van der Waals surface area contributed by atoms with Gasteiger partial charge in [-0.25, -0.2) is 4.79 Å². The minimum atomic E-state index is -0.501. The number of hydrogen-bond acceptors (Lipinski definition) is 5. The third-order valence-corrected chi connectivity index (χ3v) is 4.72. The Labute approximate surface area is 208 Å². The number of guanidine groups is 1. The van der Waals surface area contributed by atoms with Crippen molar-refractivity contribution in [2.24, 2.45) is 4.99 Å². The summed E-state index contributed by atoms with van der Waals surface area (Å²) in [5.74, 6) is 0.859. The zero-order chi connectivity index (χ0) is 22.9. The second-order valence-corrected chi connectivity index (χ2v) is 8.71. The van der Waals surface area contributed by atoms with Crippen molar-refractivity contribution in [3.8, 4) is 0 Å². The maximum absolute atomic E-state index is 12.4. The largest absolute Gasteiger partial charge is 0.459 e. The lowest BCUT2D eigenvalue weighted by Gasteiger charge is -2.35. The van der Waals surface area contributed by atoms with Crippen molar-refractivity contribution in [1.82, 2.24) is 20.9 Å². The predicted molar refractivity (Wildman–Crippen MR) is 136 cm³/mol. The molecule has 9 nitrogen and oxygen atoms in total. The molecule has 1 aliphatic rings. The van der Waals surface area contributed by atoms with Crippen LogP contribution in [-0.4, -0.2) is 67.2 Å². The van der Waals surface area contributed by atoms with Gasteiger partial charge < -0.3 is 30.0 Å². The zero-order valence-corrected chi connectivity index (χ0v) is 22.2. The van der Waals surface area contributed by atoms with Crippen molar-refractivity contribution in [2.75, 3.05) is 32.7 Å². The third-order valence-electron chi connectivity index (χ3n) is 4.72. The lowest BCUT2D eigenvalue weighted by atomic mass is 10.1. The third kappa shape index (κ3) is 9.66. The molecule has 0 aromatic carbocycles. The second-order valence-electron chi connectivity index (χ2n) is 8.71. The van der Waals surface area contributed by atoms with Gasteiger partial charge in [0.15, 0.2) is 11.7 Å². The molecule has 1 aromatic rings. The van der Waals surface area contributed by atoms with Gasteiger partial charge in [0.1, 0.15) is 5.60 Å². The highest BCUT2D eigenvalue weighted by molar-refractivity contribution is 14.0. The molecule has 0 spiro atoms. The van der Waals surface area contributed by atoms with Gasteiger partial charge in [0.25, 0.3) is 5.91 Å². The first kappa shape index (κ1) is 28.1. The minimum Gasteiger partial charge on any atom is -0.459 e. The summed E-state index contributed by atoms with van der Waals surface area (Å²) >= 11 is 0. The van der Waals surface area contributed by atoms with Gasteiger partial charge >= 0.3 is 6.09 Å². The van der Waals surface area contributed by atoms with Gasteiger partial charge in [-0.1, -0.05) is 0 Å².